The van der Waals surface area contributed by atoms with E-state index >= 15 is 0 Å². The lowest BCUT2D eigenvalue weighted by Gasteiger charge is -2.16. The third-order valence-corrected chi connectivity index (χ3v) is 3.74. The van der Waals surface area contributed by atoms with Crippen molar-refractivity contribution in [2.75, 3.05) is 0 Å². The quantitative estimate of drug-likeness (QED) is 0.625. The molecule has 3 N–H and O–H groups in total. The fourth-order valence-corrected chi connectivity index (χ4v) is 2.47. The van der Waals surface area contributed by atoms with Crippen LogP contribution in [-0.4, -0.2) is 0 Å². The molecule has 1 unspecified atom stereocenters. The Bertz CT molecular complexity index is 552. The van der Waals surface area contributed by atoms with Crippen LogP contribution >= 0.6 is 0 Å². The number of nitrogens with one attached hydrogen (secondary N) is 1. The van der Waals surface area contributed by atoms with Crippen molar-refractivity contribution in [1.82, 2.24) is 5.43 Å². The highest BCUT2D eigenvalue weighted by molar-refractivity contribution is 5.32. The van der Waals surface area contributed by atoms with Gasteiger partial charge in [0, 0.05) is 6.04 Å². The normalized spacial score (nSPS) is 15.8. The van der Waals surface area contributed by atoms with Crippen molar-refractivity contribution >= 4 is 0 Å². The van der Waals surface area contributed by atoms with Gasteiger partial charge < -0.3 is 4.74 Å². The van der Waals surface area contributed by atoms with Gasteiger partial charge in [-0.3, -0.25) is 11.3 Å². The second kappa shape index (κ2) is 6.07. The summed E-state index contributed by atoms with van der Waals surface area (Å²) in [5.74, 6) is 7.24. The smallest absolute Gasteiger partial charge is 0.120 e. The van der Waals surface area contributed by atoms with E-state index < -0.39 is 0 Å². The molecule has 0 spiro atoms. The third kappa shape index (κ3) is 3.18. The van der Waals surface area contributed by atoms with Gasteiger partial charge in [0.15, 0.2) is 0 Å². The molecule has 0 heterocycles. The molecule has 1 saturated carbocycles. The van der Waals surface area contributed by atoms with E-state index in [1.807, 2.05) is 30.3 Å². The summed E-state index contributed by atoms with van der Waals surface area (Å²) in [6.45, 7) is 0.592. The van der Waals surface area contributed by atoms with Crippen molar-refractivity contribution in [3.63, 3.8) is 0 Å². The van der Waals surface area contributed by atoms with E-state index in [4.69, 9.17) is 10.6 Å². The molecule has 1 aliphatic carbocycles. The molecule has 104 valence electrons. The summed E-state index contributed by atoms with van der Waals surface area (Å²) in [5.41, 5.74) is 5.31. The second-order valence-electron chi connectivity index (χ2n) is 5.33. The van der Waals surface area contributed by atoms with Crippen molar-refractivity contribution in [2.45, 2.75) is 25.5 Å². The third-order valence-electron chi connectivity index (χ3n) is 3.74. The summed E-state index contributed by atoms with van der Waals surface area (Å²) in [7, 11) is 0. The number of nitrogens with two attached hydrogens (primary N) is 1. The molecule has 2 aromatic carbocycles. The predicted octanol–water partition coefficient (Wildman–Crippen LogP) is 3.18. The van der Waals surface area contributed by atoms with Gasteiger partial charge in [0.05, 0.1) is 0 Å². The molecule has 20 heavy (non-hydrogen) atoms. The summed E-state index contributed by atoms with van der Waals surface area (Å²) in [6.07, 6.45) is 2.51. The molecule has 3 rings (SSSR count). The highest BCUT2D eigenvalue weighted by atomic mass is 16.5. The van der Waals surface area contributed by atoms with E-state index in [0.717, 1.165) is 5.75 Å². The summed E-state index contributed by atoms with van der Waals surface area (Å²) < 4.78 is 5.86. The van der Waals surface area contributed by atoms with Gasteiger partial charge in [0.1, 0.15) is 12.4 Å². The summed E-state index contributed by atoms with van der Waals surface area (Å²) in [4.78, 5) is 0. The van der Waals surface area contributed by atoms with Crippen LogP contribution in [-0.2, 0) is 6.61 Å². The molecular weight excluding hydrogens is 248 g/mol. The molecule has 1 fully saturated rings. The van der Waals surface area contributed by atoms with Crippen LogP contribution in [0, 0.1) is 5.92 Å². The highest BCUT2D eigenvalue weighted by Gasteiger charge is 2.31. The maximum atomic E-state index is 5.86. The lowest BCUT2D eigenvalue weighted by Crippen LogP contribution is -2.29. The number of hydrazine groups is 1. The van der Waals surface area contributed by atoms with Crippen molar-refractivity contribution < 1.29 is 4.74 Å². The minimum atomic E-state index is 0.246. The largest absolute Gasteiger partial charge is 0.489 e. The lowest BCUT2D eigenvalue weighted by molar-refractivity contribution is 0.305. The monoisotopic (exact) mass is 268 g/mol. The molecule has 0 bridgehead atoms. The van der Waals surface area contributed by atoms with Crippen LogP contribution in [0.15, 0.2) is 54.6 Å². The van der Waals surface area contributed by atoms with E-state index in [9.17, 15) is 0 Å². The Balaban J connectivity index is 1.68. The van der Waals surface area contributed by atoms with Crippen molar-refractivity contribution in [1.29, 1.82) is 0 Å². The van der Waals surface area contributed by atoms with Gasteiger partial charge in [-0.25, -0.2) is 0 Å². The van der Waals surface area contributed by atoms with E-state index in [-0.39, 0.29) is 6.04 Å². The number of rotatable bonds is 6. The second-order valence-corrected chi connectivity index (χ2v) is 5.33. The van der Waals surface area contributed by atoms with Gasteiger partial charge in [-0.15, -0.1) is 0 Å². The number of ether oxygens (including phenoxy) is 1. The van der Waals surface area contributed by atoms with Gasteiger partial charge in [-0.05, 0) is 42.0 Å². The Hall–Kier alpha value is -1.84. The van der Waals surface area contributed by atoms with Gasteiger partial charge in [-0.1, -0.05) is 42.5 Å². The van der Waals surface area contributed by atoms with Crippen molar-refractivity contribution in [3.05, 3.63) is 65.7 Å². The molecule has 0 saturated heterocycles. The average molecular weight is 268 g/mol. The van der Waals surface area contributed by atoms with E-state index in [1.54, 1.807) is 0 Å². The van der Waals surface area contributed by atoms with Crippen molar-refractivity contribution in [3.8, 4) is 5.75 Å². The maximum absolute atomic E-state index is 5.86. The van der Waals surface area contributed by atoms with Crippen LogP contribution in [0.25, 0.3) is 0 Å². The molecule has 3 nitrogen and oxygen atoms in total. The molecule has 0 radical (unpaired) electrons. The Labute approximate surface area is 119 Å². The number of hydrogen-bond donors (Lipinski definition) is 2. The fourth-order valence-electron chi connectivity index (χ4n) is 2.47. The minimum Gasteiger partial charge on any atom is -0.489 e. The first-order chi connectivity index (χ1) is 9.86. The topological polar surface area (TPSA) is 47.3 Å². The molecule has 0 amide bonds. The highest BCUT2D eigenvalue weighted by Crippen LogP contribution is 2.41. The number of benzene rings is 2. The van der Waals surface area contributed by atoms with Gasteiger partial charge in [-0.2, -0.15) is 0 Å². The summed E-state index contributed by atoms with van der Waals surface area (Å²) in [5, 5.41) is 0. The van der Waals surface area contributed by atoms with Crippen molar-refractivity contribution in [2.24, 2.45) is 11.8 Å². The summed E-state index contributed by atoms with van der Waals surface area (Å²) >= 11 is 0. The minimum absolute atomic E-state index is 0.246. The Morgan fingerprint density at radius 1 is 1.10 bits per heavy atom. The molecule has 1 aliphatic rings. The zero-order chi connectivity index (χ0) is 13.8. The average Bonchev–Trinajstić information content (AvgIpc) is 3.32. The van der Waals surface area contributed by atoms with Gasteiger partial charge >= 0.3 is 0 Å². The van der Waals surface area contributed by atoms with E-state index in [1.165, 1.54) is 24.0 Å². The van der Waals surface area contributed by atoms with Crippen LogP contribution in [0.3, 0.4) is 0 Å². The molecule has 1 atom stereocenters. The van der Waals surface area contributed by atoms with Crippen LogP contribution in [0.1, 0.15) is 30.0 Å². The predicted molar refractivity (Wildman–Crippen MR) is 80.0 cm³/mol. The first kappa shape index (κ1) is 13.2. The maximum Gasteiger partial charge on any atom is 0.120 e. The number of hydrogen-bond acceptors (Lipinski definition) is 3. The Kier molecular flexibility index (Phi) is 4.00. The van der Waals surface area contributed by atoms with E-state index in [2.05, 4.69) is 29.7 Å². The molecule has 2 aromatic rings. The van der Waals surface area contributed by atoms with Crippen LogP contribution in [0.2, 0.25) is 0 Å². The van der Waals surface area contributed by atoms with Gasteiger partial charge in [0.2, 0.25) is 0 Å². The zero-order valence-electron chi connectivity index (χ0n) is 11.5. The summed E-state index contributed by atoms with van der Waals surface area (Å²) in [6, 6.07) is 18.7. The fraction of sp³-hybridized carbons (Fsp3) is 0.294. The van der Waals surface area contributed by atoms with Gasteiger partial charge in [0.25, 0.3) is 0 Å². The lowest BCUT2D eigenvalue weighted by atomic mass is 10.0. The molecule has 3 heteroatoms. The van der Waals surface area contributed by atoms with Crippen LogP contribution in [0.4, 0.5) is 0 Å². The Morgan fingerprint density at radius 3 is 2.60 bits per heavy atom. The van der Waals surface area contributed by atoms with Crippen LogP contribution < -0.4 is 16.0 Å². The molecule has 0 aromatic heterocycles. The van der Waals surface area contributed by atoms with E-state index in [0.29, 0.717) is 12.5 Å². The van der Waals surface area contributed by atoms with Crippen LogP contribution in [0.5, 0.6) is 5.75 Å². The molecular formula is C17H20N2O. The first-order valence-corrected chi connectivity index (χ1v) is 7.09. The zero-order valence-corrected chi connectivity index (χ0v) is 11.5. The first-order valence-electron chi connectivity index (χ1n) is 7.09. The standard InChI is InChI=1S/C17H20N2O/c18-19-17(14-9-10-14)15-7-4-8-16(11-15)20-12-13-5-2-1-3-6-13/h1-8,11,14,17,19H,9-10,12,18H2. The SMILES string of the molecule is NNC(c1cccc(OCc2ccccc2)c1)C1CC1. The molecule has 0 aliphatic heterocycles. The Morgan fingerprint density at radius 2 is 1.90 bits per heavy atom.